The minimum Gasteiger partial charge on any atom is -0.356 e. The van der Waals surface area contributed by atoms with Gasteiger partial charge in [-0.25, -0.2) is 9.50 Å². The van der Waals surface area contributed by atoms with Gasteiger partial charge in [-0.05, 0) is 62.6 Å². The zero-order valence-electron chi connectivity index (χ0n) is 19.5. The van der Waals surface area contributed by atoms with Gasteiger partial charge in [-0.2, -0.15) is 5.10 Å². The fourth-order valence-corrected chi connectivity index (χ4v) is 6.17. The lowest BCUT2D eigenvalue weighted by Crippen LogP contribution is -2.39. The number of hydrogen-bond donors (Lipinski definition) is 1. The molecule has 2 unspecified atom stereocenters. The molecular formula is C25H29ClN6OS. The van der Waals surface area contributed by atoms with Crippen molar-refractivity contribution in [1.29, 1.82) is 0 Å². The normalized spacial score (nSPS) is 23.9. The summed E-state index contributed by atoms with van der Waals surface area (Å²) < 4.78 is 5.10. The zero-order chi connectivity index (χ0) is 23.4. The van der Waals surface area contributed by atoms with Crippen LogP contribution in [0.5, 0.6) is 0 Å². The molecule has 6 rings (SSSR count). The molecule has 9 heteroatoms. The van der Waals surface area contributed by atoms with E-state index in [1.165, 1.54) is 18.4 Å². The summed E-state index contributed by atoms with van der Waals surface area (Å²) in [6.07, 6.45) is 8.35. The minimum absolute atomic E-state index is 0.0121. The number of amides is 1. The lowest BCUT2D eigenvalue weighted by Gasteiger charge is -2.35. The highest BCUT2D eigenvalue weighted by Crippen LogP contribution is 2.46. The molecule has 0 bridgehead atoms. The summed E-state index contributed by atoms with van der Waals surface area (Å²) in [6.45, 7) is 5.05. The third kappa shape index (κ3) is 3.90. The molecule has 3 aromatic rings. The Morgan fingerprint density at radius 2 is 2.03 bits per heavy atom. The van der Waals surface area contributed by atoms with E-state index < -0.39 is 0 Å². The van der Waals surface area contributed by atoms with Gasteiger partial charge in [0.15, 0.2) is 5.65 Å². The number of anilines is 2. The van der Waals surface area contributed by atoms with Crippen LogP contribution in [-0.4, -0.2) is 51.3 Å². The Hall–Kier alpha value is -2.45. The molecule has 3 atom stereocenters. The monoisotopic (exact) mass is 496 g/mol. The largest absolute Gasteiger partial charge is 0.356 e. The Morgan fingerprint density at radius 1 is 1.21 bits per heavy atom. The number of halogens is 1. The molecular weight excluding hydrogens is 468 g/mol. The summed E-state index contributed by atoms with van der Waals surface area (Å²) in [4.78, 5) is 23.1. The number of fused-ring (bicyclic) bond motifs is 2. The van der Waals surface area contributed by atoms with Crippen LogP contribution in [0.1, 0.15) is 53.3 Å². The van der Waals surface area contributed by atoms with E-state index in [-0.39, 0.29) is 11.9 Å². The Morgan fingerprint density at radius 3 is 2.82 bits per heavy atom. The molecule has 2 saturated heterocycles. The van der Waals surface area contributed by atoms with Gasteiger partial charge in [0.05, 0.1) is 23.0 Å². The van der Waals surface area contributed by atoms with Crippen LogP contribution in [0.25, 0.3) is 5.65 Å². The van der Waals surface area contributed by atoms with Gasteiger partial charge in [0.2, 0.25) is 0 Å². The Balaban J connectivity index is 1.32. The first-order valence-electron chi connectivity index (χ1n) is 12.0. The smallest absolute Gasteiger partial charge is 0.256 e. The number of aryl methyl sites for hydroxylation is 1. The van der Waals surface area contributed by atoms with Crippen molar-refractivity contribution in [2.24, 2.45) is 11.8 Å². The number of nitrogens with zero attached hydrogens (tertiary/aromatic N) is 5. The summed E-state index contributed by atoms with van der Waals surface area (Å²) in [5.74, 6) is 2.78. The number of likely N-dealkylation sites (tertiary alicyclic amines) is 1. The zero-order valence-corrected chi connectivity index (χ0v) is 21.1. The maximum Gasteiger partial charge on any atom is 0.256 e. The molecule has 2 aliphatic heterocycles. The van der Waals surface area contributed by atoms with Gasteiger partial charge in [-0.1, -0.05) is 23.5 Å². The van der Waals surface area contributed by atoms with E-state index in [0.717, 1.165) is 72.6 Å². The summed E-state index contributed by atoms with van der Waals surface area (Å²) in [5.41, 5.74) is 4.28. The first-order chi connectivity index (χ1) is 16.5. The van der Waals surface area contributed by atoms with Crippen LogP contribution in [0.4, 0.5) is 11.5 Å². The Labute approximate surface area is 209 Å². The third-order valence-corrected chi connectivity index (χ3v) is 8.09. The number of hydrogen-bond acceptors (Lipinski definition) is 6. The number of piperidine rings is 2. The first kappa shape index (κ1) is 22.0. The van der Waals surface area contributed by atoms with Crippen LogP contribution in [0.2, 0.25) is 5.02 Å². The third-order valence-electron chi connectivity index (χ3n) is 7.43. The van der Waals surface area contributed by atoms with Crippen LogP contribution in [0, 0.1) is 18.8 Å². The highest BCUT2D eigenvalue weighted by atomic mass is 35.5. The lowest BCUT2D eigenvalue weighted by molar-refractivity contribution is 0.0607. The molecule has 3 fully saturated rings. The van der Waals surface area contributed by atoms with Crippen molar-refractivity contribution < 1.29 is 4.79 Å². The van der Waals surface area contributed by atoms with Crippen LogP contribution in [0.3, 0.4) is 0 Å². The fourth-order valence-electron chi connectivity index (χ4n) is 5.60. The van der Waals surface area contributed by atoms with Crippen LogP contribution >= 0.6 is 23.5 Å². The van der Waals surface area contributed by atoms with Crippen molar-refractivity contribution in [3.63, 3.8) is 0 Å². The molecule has 34 heavy (non-hydrogen) atoms. The maximum atomic E-state index is 13.7. The molecule has 2 aromatic heterocycles. The topological polar surface area (TPSA) is 65.8 Å². The number of carbonyl (C=O) groups is 1. The fraction of sp³-hybridized carbons (Fsp3) is 0.480. The first-order valence-corrected chi connectivity index (χ1v) is 13.6. The number of carbonyl (C=O) groups excluding carboxylic acids is 1. The Kier molecular flexibility index (Phi) is 5.60. The quantitative estimate of drug-likeness (QED) is 0.489. The van der Waals surface area contributed by atoms with Crippen molar-refractivity contribution in [3.8, 4) is 0 Å². The van der Waals surface area contributed by atoms with E-state index in [2.05, 4.69) is 28.8 Å². The highest BCUT2D eigenvalue weighted by molar-refractivity contribution is 7.99. The maximum absolute atomic E-state index is 13.7. The predicted molar refractivity (Wildman–Crippen MR) is 138 cm³/mol. The molecule has 178 valence electrons. The van der Waals surface area contributed by atoms with Gasteiger partial charge in [0, 0.05) is 48.7 Å². The molecule has 3 aliphatic rings. The molecule has 0 spiro atoms. The molecule has 1 aliphatic carbocycles. The summed E-state index contributed by atoms with van der Waals surface area (Å²) in [7, 11) is 0. The van der Waals surface area contributed by atoms with Gasteiger partial charge in [-0.15, -0.1) is 0 Å². The van der Waals surface area contributed by atoms with Crippen LogP contribution in [-0.2, 0) is 0 Å². The van der Waals surface area contributed by atoms with Gasteiger partial charge in [-0.3, -0.25) is 4.79 Å². The number of nitrogens with one attached hydrogen (secondary N) is 1. The van der Waals surface area contributed by atoms with Gasteiger partial charge < -0.3 is 14.5 Å². The van der Waals surface area contributed by atoms with Crippen molar-refractivity contribution in [2.45, 2.75) is 38.6 Å². The lowest BCUT2D eigenvalue weighted by atomic mass is 9.98. The second kappa shape index (κ2) is 8.64. The molecule has 1 aromatic carbocycles. The van der Waals surface area contributed by atoms with E-state index in [9.17, 15) is 4.79 Å². The summed E-state index contributed by atoms with van der Waals surface area (Å²) in [6, 6.07) is 7.42. The second-order valence-corrected chi connectivity index (χ2v) is 10.8. The SMILES string of the molecule is CSNc1ccc(Cl)cc1C(=O)N1CCCCC1c1cc2nc(N3CC4C[C@@H]4C3)c(C)cn2n1. The molecule has 1 saturated carbocycles. The summed E-state index contributed by atoms with van der Waals surface area (Å²) >= 11 is 7.73. The number of aromatic nitrogens is 3. The van der Waals surface area contributed by atoms with Crippen LogP contribution < -0.4 is 9.62 Å². The van der Waals surface area contributed by atoms with Gasteiger partial charge >= 0.3 is 0 Å². The summed E-state index contributed by atoms with van der Waals surface area (Å²) in [5, 5.41) is 5.45. The molecule has 1 N–H and O–H groups in total. The Bertz CT molecular complexity index is 1250. The van der Waals surface area contributed by atoms with Gasteiger partial charge in [0.25, 0.3) is 5.91 Å². The average Bonchev–Trinajstić information content (AvgIpc) is 3.24. The van der Waals surface area contributed by atoms with Crippen molar-refractivity contribution >= 4 is 46.6 Å². The van der Waals surface area contributed by atoms with Crippen molar-refractivity contribution in [2.75, 3.05) is 35.5 Å². The standard InChI is InChI=1S/C25H29ClN6OS/c1-15-12-32-23(27-24(15)30-13-16-9-17(16)14-30)11-21(28-32)22-5-3-4-8-31(22)25(33)19-10-18(26)6-7-20(19)29-34-2/h6-7,10-12,16-17,22,29H,3-5,8-9,13-14H2,1-2H3/t16-,17?,22?/m1/s1. The van der Waals surface area contributed by atoms with E-state index in [1.54, 1.807) is 6.07 Å². The number of benzene rings is 1. The molecule has 0 radical (unpaired) electrons. The van der Waals surface area contributed by atoms with Crippen molar-refractivity contribution in [1.82, 2.24) is 19.5 Å². The van der Waals surface area contributed by atoms with Crippen LogP contribution in [0.15, 0.2) is 30.5 Å². The number of rotatable bonds is 5. The molecule has 7 nitrogen and oxygen atoms in total. The molecule has 4 heterocycles. The van der Waals surface area contributed by atoms with E-state index in [0.29, 0.717) is 17.1 Å². The highest BCUT2D eigenvalue weighted by Gasteiger charge is 2.45. The predicted octanol–water partition coefficient (Wildman–Crippen LogP) is 5.20. The van der Waals surface area contributed by atoms with Crippen molar-refractivity contribution in [3.05, 3.63) is 52.3 Å². The van der Waals surface area contributed by atoms with E-state index >= 15 is 0 Å². The van der Waals surface area contributed by atoms with E-state index in [4.69, 9.17) is 21.7 Å². The van der Waals surface area contributed by atoms with E-state index in [1.807, 2.05) is 27.8 Å². The molecule has 1 amide bonds. The second-order valence-electron chi connectivity index (χ2n) is 9.79. The minimum atomic E-state index is -0.0766. The van der Waals surface area contributed by atoms with Gasteiger partial charge in [0.1, 0.15) is 5.82 Å². The average molecular weight is 497 g/mol.